The van der Waals surface area contributed by atoms with Gasteiger partial charge in [-0.25, -0.2) is 9.97 Å². The molecule has 7 nitrogen and oxygen atoms in total. The van der Waals surface area contributed by atoms with Gasteiger partial charge in [0.05, 0.1) is 23.5 Å². The van der Waals surface area contributed by atoms with Crippen LogP contribution in [-0.2, 0) is 4.79 Å². The predicted molar refractivity (Wildman–Crippen MR) is 87.4 cm³/mol. The number of aromatic amines is 1. The SMILES string of the molecule is O=C(c1ccc[nH]1)N1CCCC2(CCN(c3cncnc3)C2=O)C1. The van der Waals surface area contributed by atoms with E-state index in [4.69, 9.17) is 0 Å². The number of nitrogens with one attached hydrogen (secondary N) is 1. The number of likely N-dealkylation sites (tertiary alicyclic amines) is 1. The van der Waals surface area contributed by atoms with Crippen molar-refractivity contribution >= 4 is 17.5 Å². The van der Waals surface area contributed by atoms with Gasteiger partial charge in [0, 0.05) is 25.8 Å². The van der Waals surface area contributed by atoms with Gasteiger partial charge >= 0.3 is 0 Å². The molecule has 2 fully saturated rings. The zero-order valence-corrected chi connectivity index (χ0v) is 13.3. The third-order valence-electron chi connectivity index (χ3n) is 5.06. The van der Waals surface area contributed by atoms with Gasteiger partial charge in [-0.2, -0.15) is 0 Å². The Morgan fingerprint density at radius 1 is 1.21 bits per heavy atom. The normalized spacial score (nSPS) is 23.9. The minimum Gasteiger partial charge on any atom is -0.357 e. The van der Waals surface area contributed by atoms with Crippen LogP contribution in [0.5, 0.6) is 0 Å². The van der Waals surface area contributed by atoms with Crippen molar-refractivity contribution in [3.8, 4) is 0 Å². The van der Waals surface area contributed by atoms with Crippen LogP contribution in [0.15, 0.2) is 37.1 Å². The lowest BCUT2D eigenvalue weighted by atomic mass is 9.78. The van der Waals surface area contributed by atoms with E-state index in [1.807, 2.05) is 6.07 Å². The first-order chi connectivity index (χ1) is 11.7. The number of hydrogen-bond acceptors (Lipinski definition) is 4. The topological polar surface area (TPSA) is 82.2 Å². The molecular weight excluding hydrogens is 306 g/mol. The maximum Gasteiger partial charge on any atom is 0.270 e. The molecule has 4 rings (SSSR count). The monoisotopic (exact) mass is 325 g/mol. The summed E-state index contributed by atoms with van der Waals surface area (Å²) >= 11 is 0. The van der Waals surface area contributed by atoms with Crippen LogP contribution < -0.4 is 4.90 Å². The number of carbonyl (C=O) groups excluding carboxylic acids is 2. The van der Waals surface area contributed by atoms with Crippen LogP contribution >= 0.6 is 0 Å². The molecule has 0 aromatic carbocycles. The second kappa shape index (κ2) is 5.74. The Hall–Kier alpha value is -2.70. The van der Waals surface area contributed by atoms with E-state index in [2.05, 4.69) is 15.0 Å². The zero-order valence-electron chi connectivity index (χ0n) is 13.3. The van der Waals surface area contributed by atoms with Crippen molar-refractivity contribution in [1.82, 2.24) is 19.9 Å². The van der Waals surface area contributed by atoms with Crippen molar-refractivity contribution in [3.05, 3.63) is 42.7 Å². The van der Waals surface area contributed by atoms with Crippen molar-refractivity contribution in [3.63, 3.8) is 0 Å². The summed E-state index contributed by atoms with van der Waals surface area (Å²) in [6, 6.07) is 3.58. The van der Waals surface area contributed by atoms with E-state index in [1.165, 1.54) is 6.33 Å². The summed E-state index contributed by atoms with van der Waals surface area (Å²) in [5, 5.41) is 0. The third-order valence-corrected chi connectivity index (χ3v) is 5.06. The molecule has 4 heterocycles. The van der Waals surface area contributed by atoms with Gasteiger partial charge in [0.25, 0.3) is 5.91 Å². The van der Waals surface area contributed by atoms with Crippen LogP contribution in [0.1, 0.15) is 29.8 Å². The Balaban J connectivity index is 1.55. The number of carbonyl (C=O) groups is 2. The summed E-state index contributed by atoms with van der Waals surface area (Å²) in [7, 11) is 0. The van der Waals surface area contributed by atoms with Crippen LogP contribution in [-0.4, -0.2) is 51.3 Å². The standard InChI is InChI=1S/C17H19N5O2/c23-15(14-3-1-6-20-14)21-7-2-4-17(11-21)5-8-22(16(17)24)13-9-18-12-19-10-13/h1,3,6,9-10,12,20H,2,4-5,7-8,11H2. The molecule has 2 aliphatic heterocycles. The summed E-state index contributed by atoms with van der Waals surface area (Å²) < 4.78 is 0. The Labute approximate surface area is 139 Å². The molecule has 2 amide bonds. The summed E-state index contributed by atoms with van der Waals surface area (Å²) in [6.07, 6.45) is 8.95. The summed E-state index contributed by atoms with van der Waals surface area (Å²) in [5.74, 6) is 0.0506. The number of H-pyrrole nitrogens is 1. The molecule has 2 saturated heterocycles. The highest BCUT2D eigenvalue weighted by Crippen LogP contribution is 2.41. The summed E-state index contributed by atoms with van der Waals surface area (Å²) in [5.41, 5.74) is 0.828. The number of anilines is 1. The van der Waals surface area contributed by atoms with Crippen molar-refractivity contribution in [1.29, 1.82) is 0 Å². The van der Waals surface area contributed by atoms with Crippen LogP contribution in [0.25, 0.3) is 0 Å². The quantitative estimate of drug-likeness (QED) is 0.906. The number of rotatable bonds is 2. The third kappa shape index (κ3) is 2.36. The highest BCUT2D eigenvalue weighted by atomic mass is 16.2. The highest BCUT2D eigenvalue weighted by Gasteiger charge is 2.50. The number of piperidine rings is 1. The molecule has 0 aliphatic carbocycles. The van der Waals surface area contributed by atoms with Gasteiger partial charge in [0.15, 0.2) is 0 Å². The van der Waals surface area contributed by atoms with Gasteiger partial charge in [0.2, 0.25) is 5.91 Å². The fraction of sp³-hybridized carbons (Fsp3) is 0.412. The number of nitrogens with zero attached hydrogens (tertiary/aromatic N) is 4. The molecule has 7 heteroatoms. The number of hydrogen-bond donors (Lipinski definition) is 1. The minimum atomic E-state index is -0.476. The lowest BCUT2D eigenvalue weighted by Gasteiger charge is -2.38. The van der Waals surface area contributed by atoms with E-state index < -0.39 is 5.41 Å². The number of aromatic nitrogens is 3. The maximum atomic E-state index is 13.1. The van der Waals surface area contributed by atoms with Gasteiger partial charge in [-0.3, -0.25) is 9.59 Å². The molecule has 1 unspecified atom stereocenters. The van der Waals surface area contributed by atoms with Gasteiger partial charge in [0.1, 0.15) is 12.0 Å². The first kappa shape index (κ1) is 14.9. The average Bonchev–Trinajstić information content (AvgIpc) is 3.26. The maximum absolute atomic E-state index is 13.1. The Morgan fingerprint density at radius 2 is 2.04 bits per heavy atom. The van der Waals surface area contributed by atoms with Crippen LogP contribution in [0.2, 0.25) is 0 Å². The molecule has 2 aromatic rings. The largest absolute Gasteiger partial charge is 0.357 e. The van der Waals surface area contributed by atoms with Gasteiger partial charge in [-0.15, -0.1) is 0 Å². The number of amides is 2. The molecule has 2 aliphatic rings. The van der Waals surface area contributed by atoms with E-state index in [1.54, 1.807) is 34.5 Å². The van der Waals surface area contributed by atoms with Crippen LogP contribution in [0.3, 0.4) is 0 Å². The fourth-order valence-electron chi connectivity index (χ4n) is 3.81. The Bertz CT molecular complexity index is 746. The van der Waals surface area contributed by atoms with Gasteiger partial charge < -0.3 is 14.8 Å². The lowest BCUT2D eigenvalue weighted by Crippen LogP contribution is -2.50. The zero-order chi connectivity index (χ0) is 16.6. The first-order valence-electron chi connectivity index (χ1n) is 8.19. The second-order valence-electron chi connectivity index (χ2n) is 6.50. The molecule has 24 heavy (non-hydrogen) atoms. The Morgan fingerprint density at radius 3 is 2.79 bits per heavy atom. The fourth-order valence-corrected chi connectivity index (χ4v) is 3.81. The van der Waals surface area contributed by atoms with E-state index in [9.17, 15) is 9.59 Å². The highest BCUT2D eigenvalue weighted by molar-refractivity contribution is 6.00. The first-order valence-corrected chi connectivity index (χ1v) is 8.19. The lowest BCUT2D eigenvalue weighted by molar-refractivity contribution is -0.127. The van der Waals surface area contributed by atoms with E-state index in [0.29, 0.717) is 25.3 Å². The molecule has 0 radical (unpaired) electrons. The van der Waals surface area contributed by atoms with Crippen molar-refractivity contribution in [2.24, 2.45) is 5.41 Å². The minimum absolute atomic E-state index is 0.0339. The molecule has 0 saturated carbocycles. The van der Waals surface area contributed by atoms with Crippen LogP contribution in [0, 0.1) is 5.41 Å². The van der Waals surface area contributed by atoms with Gasteiger partial charge in [-0.05, 0) is 31.4 Å². The summed E-state index contributed by atoms with van der Waals surface area (Å²) in [4.78, 5) is 40.2. The van der Waals surface area contributed by atoms with E-state index >= 15 is 0 Å². The smallest absolute Gasteiger partial charge is 0.270 e. The average molecular weight is 325 g/mol. The molecule has 1 N–H and O–H groups in total. The molecule has 0 bridgehead atoms. The van der Waals surface area contributed by atoms with Crippen molar-refractivity contribution in [2.45, 2.75) is 19.3 Å². The molecule has 1 spiro atoms. The van der Waals surface area contributed by atoms with Crippen molar-refractivity contribution < 1.29 is 9.59 Å². The Kier molecular flexibility index (Phi) is 3.55. The van der Waals surface area contributed by atoms with Crippen molar-refractivity contribution in [2.75, 3.05) is 24.5 Å². The van der Waals surface area contributed by atoms with E-state index in [0.717, 1.165) is 24.9 Å². The molecular formula is C17H19N5O2. The predicted octanol–water partition coefficient (Wildman–Crippen LogP) is 1.46. The molecule has 2 aromatic heterocycles. The van der Waals surface area contributed by atoms with Crippen LogP contribution in [0.4, 0.5) is 5.69 Å². The van der Waals surface area contributed by atoms with E-state index in [-0.39, 0.29) is 11.8 Å². The molecule has 1 atom stereocenters. The van der Waals surface area contributed by atoms with Gasteiger partial charge in [-0.1, -0.05) is 0 Å². The summed E-state index contributed by atoms with van der Waals surface area (Å²) in [6.45, 7) is 1.83. The second-order valence-corrected chi connectivity index (χ2v) is 6.50. The molecule has 124 valence electrons.